The number of aromatic nitrogens is 1. The summed E-state index contributed by atoms with van der Waals surface area (Å²) in [5, 5.41) is 6.42. The molecule has 28 heavy (non-hydrogen) atoms. The van der Waals surface area contributed by atoms with Gasteiger partial charge in [0, 0.05) is 24.8 Å². The van der Waals surface area contributed by atoms with Crippen molar-refractivity contribution >= 4 is 29.9 Å². The molecule has 0 saturated heterocycles. The first-order valence-electron chi connectivity index (χ1n) is 9.61. The van der Waals surface area contributed by atoms with Gasteiger partial charge in [-0.1, -0.05) is 13.0 Å². The maximum absolute atomic E-state index is 12.8. The van der Waals surface area contributed by atoms with Gasteiger partial charge in [0.25, 0.3) is 0 Å². The first-order chi connectivity index (χ1) is 12.9. The van der Waals surface area contributed by atoms with Gasteiger partial charge in [-0.25, -0.2) is 9.98 Å². The molecule has 1 aromatic heterocycles. The lowest BCUT2D eigenvalue weighted by molar-refractivity contribution is -0.182. The van der Waals surface area contributed by atoms with E-state index in [0.717, 1.165) is 12.0 Å². The molecule has 0 bridgehead atoms. The number of pyridine rings is 1. The molecule has 1 fully saturated rings. The fourth-order valence-electron chi connectivity index (χ4n) is 3.05. The Morgan fingerprint density at radius 1 is 1.21 bits per heavy atom. The van der Waals surface area contributed by atoms with E-state index in [1.807, 2.05) is 26.0 Å². The SMILES string of the molecule is CCCOc1ccc(CN=C(NCC)NC2CCC(C(F)(F)F)CC2)cn1.I. The van der Waals surface area contributed by atoms with Crippen LogP contribution in [0.4, 0.5) is 13.2 Å². The molecule has 1 heterocycles. The molecular formula is C19H30F3IN4O. The number of nitrogens with zero attached hydrogens (tertiary/aromatic N) is 2. The van der Waals surface area contributed by atoms with E-state index in [-0.39, 0.29) is 42.9 Å². The van der Waals surface area contributed by atoms with Gasteiger partial charge >= 0.3 is 6.18 Å². The molecule has 160 valence electrons. The van der Waals surface area contributed by atoms with E-state index in [0.29, 0.717) is 44.4 Å². The van der Waals surface area contributed by atoms with Crippen molar-refractivity contribution in [3.05, 3.63) is 23.9 Å². The maximum Gasteiger partial charge on any atom is 0.391 e. The highest BCUT2D eigenvalue weighted by Gasteiger charge is 2.41. The van der Waals surface area contributed by atoms with E-state index in [1.54, 1.807) is 6.20 Å². The molecule has 0 amide bonds. The lowest BCUT2D eigenvalue weighted by Gasteiger charge is -2.31. The Morgan fingerprint density at radius 2 is 1.93 bits per heavy atom. The second-order valence-electron chi connectivity index (χ2n) is 6.78. The molecule has 1 saturated carbocycles. The zero-order valence-electron chi connectivity index (χ0n) is 16.4. The van der Waals surface area contributed by atoms with Crippen molar-refractivity contribution in [2.45, 2.75) is 64.7 Å². The van der Waals surface area contributed by atoms with E-state index in [2.05, 4.69) is 20.6 Å². The Morgan fingerprint density at radius 3 is 2.46 bits per heavy atom. The molecule has 1 aliphatic rings. The van der Waals surface area contributed by atoms with Crippen LogP contribution in [0.5, 0.6) is 5.88 Å². The second kappa shape index (κ2) is 12.3. The predicted molar refractivity (Wildman–Crippen MR) is 115 cm³/mol. The minimum atomic E-state index is -4.08. The van der Waals surface area contributed by atoms with E-state index >= 15 is 0 Å². The van der Waals surface area contributed by atoms with Gasteiger partial charge in [-0.05, 0) is 44.6 Å². The third kappa shape index (κ3) is 8.40. The molecule has 1 aromatic rings. The van der Waals surface area contributed by atoms with Gasteiger partial charge in [0.05, 0.1) is 19.1 Å². The van der Waals surface area contributed by atoms with Crippen molar-refractivity contribution < 1.29 is 17.9 Å². The molecule has 2 rings (SSSR count). The van der Waals surface area contributed by atoms with Gasteiger partial charge in [0.2, 0.25) is 5.88 Å². The molecule has 0 aromatic carbocycles. The molecular weight excluding hydrogens is 484 g/mol. The minimum absolute atomic E-state index is 0. The molecule has 0 atom stereocenters. The van der Waals surface area contributed by atoms with Crippen molar-refractivity contribution in [3.8, 4) is 5.88 Å². The molecule has 9 heteroatoms. The van der Waals surface area contributed by atoms with Crippen molar-refractivity contribution in [3.63, 3.8) is 0 Å². The minimum Gasteiger partial charge on any atom is -0.478 e. The van der Waals surface area contributed by atoms with Crippen LogP contribution in [0.3, 0.4) is 0 Å². The Hall–Kier alpha value is -1.26. The molecule has 0 radical (unpaired) electrons. The number of hydrogen-bond donors (Lipinski definition) is 2. The standard InChI is InChI=1S/C19H29F3N4O.HI/c1-3-11-27-17-10-5-14(12-24-17)13-25-18(23-4-2)26-16-8-6-15(7-9-16)19(20,21)22;/h5,10,12,15-16H,3-4,6-9,11,13H2,1-2H3,(H2,23,25,26);1H. The van der Waals surface area contributed by atoms with Crippen molar-refractivity contribution in [2.24, 2.45) is 10.9 Å². The lowest BCUT2D eigenvalue weighted by Crippen LogP contribution is -2.45. The lowest BCUT2D eigenvalue weighted by atomic mass is 9.85. The van der Waals surface area contributed by atoms with Crippen molar-refractivity contribution in [2.75, 3.05) is 13.2 Å². The van der Waals surface area contributed by atoms with Crippen LogP contribution in [0.1, 0.15) is 51.5 Å². The van der Waals surface area contributed by atoms with Crippen LogP contribution in [0, 0.1) is 5.92 Å². The number of rotatable bonds is 7. The highest BCUT2D eigenvalue weighted by molar-refractivity contribution is 14.0. The summed E-state index contributed by atoms with van der Waals surface area (Å²) < 4.78 is 43.8. The summed E-state index contributed by atoms with van der Waals surface area (Å²) in [4.78, 5) is 8.78. The maximum atomic E-state index is 12.8. The molecule has 2 N–H and O–H groups in total. The second-order valence-corrected chi connectivity index (χ2v) is 6.78. The van der Waals surface area contributed by atoms with Gasteiger partial charge in [0.15, 0.2) is 5.96 Å². The Kier molecular flexibility index (Phi) is 10.9. The fourth-order valence-corrected chi connectivity index (χ4v) is 3.05. The zero-order chi connectivity index (χ0) is 19.7. The van der Waals surface area contributed by atoms with Gasteiger partial charge in [0.1, 0.15) is 0 Å². The number of alkyl halides is 3. The van der Waals surface area contributed by atoms with Gasteiger partial charge in [-0.3, -0.25) is 0 Å². The van der Waals surface area contributed by atoms with E-state index in [9.17, 15) is 13.2 Å². The van der Waals surface area contributed by atoms with E-state index in [4.69, 9.17) is 4.74 Å². The van der Waals surface area contributed by atoms with E-state index in [1.165, 1.54) is 0 Å². The first-order valence-corrected chi connectivity index (χ1v) is 9.61. The average Bonchev–Trinajstić information content (AvgIpc) is 2.65. The van der Waals surface area contributed by atoms with Crippen molar-refractivity contribution in [1.82, 2.24) is 15.6 Å². The van der Waals surface area contributed by atoms with Gasteiger partial charge in [-0.2, -0.15) is 13.2 Å². The summed E-state index contributed by atoms with van der Waals surface area (Å²) >= 11 is 0. The predicted octanol–water partition coefficient (Wildman–Crippen LogP) is 4.66. The van der Waals surface area contributed by atoms with Crippen LogP contribution < -0.4 is 15.4 Å². The summed E-state index contributed by atoms with van der Waals surface area (Å²) in [6, 6.07) is 3.75. The summed E-state index contributed by atoms with van der Waals surface area (Å²) in [5.41, 5.74) is 0.942. The topological polar surface area (TPSA) is 58.5 Å². The third-order valence-electron chi connectivity index (χ3n) is 4.55. The highest BCUT2D eigenvalue weighted by atomic mass is 127. The summed E-state index contributed by atoms with van der Waals surface area (Å²) in [6.07, 6.45) is -0.0842. The smallest absolute Gasteiger partial charge is 0.391 e. The first kappa shape index (κ1) is 24.8. The molecule has 0 aliphatic heterocycles. The van der Waals surface area contributed by atoms with Crippen molar-refractivity contribution in [1.29, 1.82) is 0 Å². The summed E-state index contributed by atoms with van der Waals surface area (Å²) in [7, 11) is 0. The number of ether oxygens (including phenoxy) is 1. The quantitative estimate of drug-likeness (QED) is 0.316. The molecule has 5 nitrogen and oxygen atoms in total. The van der Waals surface area contributed by atoms with Crippen LogP contribution in [0.25, 0.3) is 0 Å². The largest absolute Gasteiger partial charge is 0.478 e. The molecule has 0 unspecified atom stereocenters. The van der Waals surface area contributed by atoms with Crippen LogP contribution in [0.15, 0.2) is 23.3 Å². The number of hydrogen-bond acceptors (Lipinski definition) is 3. The number of aliphatic imine (C=N–C) groups is 1. The molecule has 1 aliphatic carbocycles. The van der Waals surface area contributed by atoms with Gasteiger partial charge in [-0.15, -0.1) is 24.0 Å². The normalized spacial score (nSPS) is 20.2. The number of guanidine groups is 1. The zero-order valence-corrected chi connectivity index (χ0v) is 18.7. The van der Waals surface area contributed by atoms with Crippen LogP contribution >= 0.6 is 24.0 Å². The highest BCUT2D eigenvalue weighted by Crippen LogP contribution is 2.37. The van der Waals surface area contributed by atoms with Crippen LogP contribution in [0.2, 0.25) is 0 Å². The van der Waals surface area contributed by atoms with Crippen LogP contribution in [-0.2, 0) is 6.54 Å². The number of nitrogens with one attached hydrogen (secondary N) is 2. The Balaban J connectivity index is 0.00000392. The molecule has 0 spiro atoms. The third-order valence-corrected chi connectivity index (χ3v) is 4.55. The number of halogens is 4. The monoisotopic (exact) mass is 514 g/mol. The fraction of sp³-hybridized carbons (Fsp3) is 0.684. The Labute approximate surface area is 182 Å². The van der Waals surface area contributed by atoms with Gasteiger partial charge < -0.3 is 15.4 Å². The van der Waals surface area contributed by atoms with E-state index < -0.39 is 12.1 Å². The summed E-state index contributed by atoms with van der Waals surface area (Å²) in [5.74, 6) is 0.0462. The average molecular weight is 514 g/mol. The Bertz CT molecular complexity index is 588. The van der Waals surface area contributed by atoms with Crippen LogP contribution in [-0.4, -0.2) is 36.3 Å². The summed E-state index contributed by atoms with van der Waals surface area (Å²) in [6.45, 7) is 5.75.